The lowest BCUT2D eigenvalue weighted by Crippen LogP contribution is -2.23. The third kappa shape index (κ3) is 5.05. The van der Waals surface area contributed by atoms with Crippen molar-refractivity contribution >= 4 is 12.0 Å². The number of aliphatic carboxylic acids is 1. The first kappa shape index (κ1) is 16.4. The maximum atomic E-state index is 10.6. The van der Waals surface area contributed by atoms with Gasteiger partial charge >= 0.3 is 12.4 Å². The molecule has 0 saturated carbocycles. The second-order valence-corrected chi connectivity index (χ2v) is 4.43. The third-order valence-corrected chi connectivity index (χ3v) is 2.85. The highest BCUT2D eigenvalue weighted by molar-refractivity contribution is 5.85. The van der Waals surface area contributed by atoms with Crippen molar-refractivity contribution in [1.29, 1.82) is 0 Å². The van der Waals surface area contributed by atoms with Gasteiger partial charge in [0, 0.05) is 11.6 Å². The van der Waals surface area contributed by atoms with Gasteiger partial charge < -0.3 is 24.4 Å². The molecule has 0 heterocycles. The average Bonchev–Trinajstić information content (AvgIpc) is 2.54. The van der Waals surface area contributed by atoms with E-state index in [4.69, 9.17) is 19.3 Å². The summed E-state index contributed by atoms with van der Waals surface area (Å²) < 4.78 is 15.6. The van der Waals surface area contributed by atoms with Crippen LogP contribution in [0, 0.1) is 0 Å². The number of aliphatic hydroxyl groups excluding tert-OH is 1. The summed E-state index contributed by atoms with van der Waals surface area (Å²) in [4.78, 5) is 10.6. The highest BCUT2D eigenvalue weighted by atomic mass is 16.8. The van der Waals surface area contributed by atoms with E-state index in [1.54, 1.807) is 55.6 Å². The van der Waals surface area contributed by atoms with Gasteiger partial charge in [-0.3, -0.25) is 0 Å². The van der Waals surface area contributed by atoms with Crippen LogP contribution in [0.15, 0.2) is 54.6 Å². The van der Waals surface area contributed by atoms with Crippen LogP contribution in [-0.4, -0.2) is 29.8 Å². The van der Waals surface area contributed by atoms with Crippen LogP contribution >= 0.6 is 0 Å². The fourth-order valence-corrected chi connectivity index (χ4v) is 1.79. The van der Waals surface area contributed by atoms with Gasteiger partial charge in [0.1, 0.15) is 17.2 Å². The molecule has 0 spiro atoms. The van der Waals surface area contributed by atoms with Gasteiger partial charge in [0.15, 0.2) is 0 Å². The Labute approximate surface area is 133 Å². The van der Waals surface area contributed by atoms with Crippen molar-refractivity contribution in [3.05, 3.63) is 60.2 Å². The fourth-order valence-electron chi connectivity index (χ4n) is 1.79. The van der Waals surface area contributed by atoms with Gasteiger partial charge in [-0.1, -0.05) is 18.2 Å². The Kier molecular flexibility index (Phi) is 5.60. The molecule has 1 unspecified atom stereocenters. The number of methoxy groups -OCH3 is 1. The summed E-state index contributed by atoms with van der Waals surface area (Å²) in [6, 6.07) is 13.3. The molecule has 2 aromatic rings. The Morgan fingerprint density at radius 2 is 1.70 bits per heavy atom. The number of carboxylic acid groups (broad SMARTS) is 1. The van der Waals surface area contributed by atoms with Crippen molar-refractivity contribution in [2.24, 2.45) is 0 Å². The summed E-state index contributed by atoms with van der Waals surface area (Å²) >= 11 is 0. The molecule has 23 heavy (non-hydrogen) atoms. The lowest BCUT2D eigenvalue weighted by molar-refractivity contribution is -0.160. The van der Waals surface area contributed by atoms with E-state index >= 15 is 0 Å². The zero-order valence-corrected chi connectivity index (χ0v) is 12.4. The van der Waals surface area contributed by atoms with E-state index < -0.39 is 12.4 Å². The van der Waals surface area contributed by atoms with Crippen LogP contribution in [0.25, 0.3) is 6.08 Å². The van der Waals surface area contributed by atoms with Gasteiger partial charge in [0.05, 0.1) is 7.11 Å². The normalized spacial score (nSPS) is 11.9. The maximum absolute atomic E-state index is 10.6. The summed E-state index contributed by atoms with van der Waals surface area (Å²) in [7, 11) is 1.55. The number of benzene rings is 2. The second-order valence-electron chi connectivity index (χ2n) is 4.43. The average molecular weight is 316 g/mol. The molecule has 0 bridgehead atoms. The summed E-state index contributed by atoms with van der Waals surface area (Å²) in [6.07, 6.45) is 2.36. The zero-order valence-electron chi connectivity index (χ0n) is 12.4. The fraction of sp³-hybridized carbons (Fsp3) is 0.118. The van der Waals surface area contributed by atoms with Crippen molar-refractivity contribution < 1.29 is 29.2 Å². The van der Waals surface area contributed by atoms with Gasteiger partial charge in [-0.15, -0.1) is 0 Å². The van der Waals surface area contributed by atoms with Crippen LogP contribution in [-0.2, 0) is 4.79 Å². The molecule has 2 N–H and O–H groups in total. The summed E-state index contributed by atoms with van der Waals surface area (Å²) in [5, 5.41) is 18.5. The SMILES string of the molecule is COc1ccc(OC(O)Oc2ccccc2/C=C/C(=O)O)cc1. The number of para-hydroxylation sites is 1. The molecule has 0 amide bonds. The lowest BCUT2D eigenvalue weighted by Gasteiger charge is -2.16. The minimum absolute atomic E-state index is 0.297. The van der Waals surface area contributed by atoms with Crippen molar-refractivity contribution in [2.75, 3.05) is 7.11 Å². The van der Waals surface area contributed by atoms with Crippen LogP contribution in [0.4, 0.5) is 0 Å². The maximum Gasteiger partial charge on any atom is 0.358 e. The second kappa shape index (κ2) is 7.86. The number of carboxylic acids is 1. The Bertz CT molecular complexity index is 678. The Hall–Kier alpha value is -2.99. The van der Waals surface area contributed by atoms with Gasteiger partial charge in [-0.2, -0.15) is 0 Å². The van der Waals surface area contributed by atoms with Gasteiger partial charge in [-0.05, 0) is 36.4 Å². The Balaban J connectivity index is 2.04. The Morgan fingerprint density at radius 1 is 1.04 bits per heavy atom. The molecule has 6 nitrogen and oxygen atoms in total. The van der Waals surface area contributed by atoms with Crippen molar-refractivity contribution in [2.45, 2.75) is 6.48 Å². The molecular weight excluding hydrogens is 300 g/mol. The van der Waals surface area contributed by atoms with Crippen LogP contribution in [0.2, 0.25) is 0 Å². The van der Waals surface area contributed by atoms with Crippen molar-refractivity contribution in [3.63, 3.8) is 0 Å². The molecule has 120 valence electrons. The van der Waals surface area contributed by atoms with E-state index in [-0.39, 0.29) is 0 Å². The van der Waals surface area contributed by atoms with E-state index in [2.05, 4.69) is 0 Å². The molecule has 0 aliphatic rings. The molecule has 2 aromatic carbocycles. The first-order valence-corrected chi connectivity index (χ1v) is 6.74. The number of aliphatic hydroxyl groups is 1. The van der Waals surface area contributed by atoms with Gasteiger partial charge in [0.25, 0.3) is 0 Å². The van der Waals surface area contributed by atoms with Crippen molar-refractivity contribution in [1.82, 2.24) is 0 Å². The van der Waals surface area contributed by atoms with E-state index in [0.717, 1.165) is 6.08 Å². The zero-order chi connectivity index (χ0) is 16.7. The topological polar surface area (TPSA) is 85.2 Å². The standard InChI is InChI=1S/C17H16O6/c1-21-13-7-9-14(10-8-13)22-17(20)23-15-5-3-2-4-12(15)6-11-16(18)19/h2-11,17,20H,1H3,(H,18,19)/b11-6+. The van der Waals surface area contributed by atoms with Crippen LogP contribution in [0.5, 0.6) is 17.2 Å². The quantitative estimate of drug-likeness (QED) is 0.603. The predicted octanol–water partition coefficient (Wildman–Crippen LogP) is 2.53. The largest absolute Gasteiger partial charge is 0.497 e. The van der Waals surface area contributed by atoms with Crippen molar-refractivity contribution in [3.8, 4) is 17.2 Å². The van der Waals surface area contributed by atoms with Gasteiger partial charge in [-0.25, -0.2) is 4.79 Å². The van der Waals surface area contributed by atoms with Crippen LogP contribution in [0.1, 0.15) is 5.56 Å². The smallest absolute Gasteiger partial charge is 0.358 e. The number of rotatable bonds is 7. The molecule has 6 heteroatoms. The van der Waals surface area contributed by atoms with E-state index in [1.165, 1.54) is 6.08 Å². The highest BCUT2D eigenvalue weighted by Crippen LogP contribution is 2.22. The molecule has 1 atom stereocenters. The molecular formula is C17H16O6. The molecule has 0 aromatic heterocycles. The van der Waals surface area contributed by atoms with Gasteiger partial charge in [0.2, 0.25) is 0 Å². The van der Waals surface area contributed by atoms with E-state index in [9.17, 15) is 9.90 Å². The van der Waals surface area contributed by atoms with E-state index in [1.807, 2.05) is 0 Å². The summed E-state index contributed by atoms with van der Waals surface area (Å²) in [6.45, 7) is -1.54. The molecule has 0 radical (unpaired) electrons. The number of hydrogen-bond donors (Lipinski definition) is 2. The summed E-state index contributed by atoms with van der Waals surface area (Å²) in [5.74, 6) is 0.287. The molecule has 0 saturated heterocycles. The highest BCUT2D eigenvalue weighted by Gasteiger charge is 2.10. The minimum Gasteiger partial charge on any atom is -0.497 e. The predicted molar refractivity (Wildman–Crippen MR) is 83.4 cm³/mol. The first-order chi connectivity index (χ1) is 11.1. The lowest BCUT2D eigenvalue weighted by atomic mass is 10.2. The molecule has 0 fully saturated rings. The molecule has 0 aliphatic carbocycles. The molecule has 0 aliphatic heterocycles. The number of carbonyl (C=O) groups is 1. The number of ether oxygens (including phenoxy) is 3. The number of hydrogen-bond acceptors (Lipinski definition) is 5. The monoisotopic (exact) mass is 316 g/mol. The minimum atomic E-state index is -1.54. The van der Waals surface area contributed by atoms with Crippen LogP contribution < -0.4 is 14.2 Å². The third-order valence-electron chi connectivity index (χ3n) is 2.85. The molecule has 2 rings (SSSR count). The first-order valence-electron chi connectivity index (χ1n) is 6.74. The van der Waals surface area contributed by atoms with Crippen LogP contribution in [0.3, 0.4) is 0 Å². The summed E-state index contributed by atoms with van der Waals surface area (Å²) in [5.41, 5.74) is 0.507. The van der Waals surface area contributed by atoms with E-state index in [0.29, 0.717) is 22.8 Å². The Morgan fingerprint density at radius 3 is 2.35 bits per heavy atom.